The van der Waals surface area contributed by atoms with E-state index >= 15 is 0 Å². The number of carboxylic acid groups (broad SMARTS) is 2. The zero-order valence-corrected chi connectivity index (χ0v) is 25.6. The molecule has 2 aliphatic heterocycles. The number of aromatic nitrogens is 2. The van der Waals surface area contributed by atoms with Crippen LogP contribution in [0.1, 0.15) is 10.0 Å². The van der Waals surface area contributed by atoms with E-state index < -0.39 is 24.0 Å². The lowest BCUT2D eigenvalue weighted by atomic mass is 10.1. The minimum absolute atomic E-state index is 0.225. The maximum Gasteiger partial charge on any atom is 0.329 e. The van der Waals surface area contributed by atoms with Crippen LogP contribution in [0, 0.1) is 0 Å². The highest BCUT2D eigenvalue weighted by molar-refractivity contribution is 8.15. The number of aliphatic carboxylic acids is 2. The fourth-order valence-corrected chi connectivity index (χ4v) is 9.02. The van der Waals surface area contributed by atoms with Crippen molar-refractivity contribution in [1.82, 2.24) is 9.97 Å². The van der Waals surface area contributed by atoms with E-state index in [4.69, 9.17) is 10.2 Å². The van der Waals surface area contributed by atoms with E-state index in [1.54, 1.807) is 18.2 Å². The Bertz CT molecular complexity index is 2210. The molecule has 10 nitrogen and oxygen atoms in total. The molecule has 4 aromatic carbocycles. The first-order chi connectivity index (χ1) is 21.2. The molecule has 0 amide bonds. The molecule has 0 saturated carbocycles. The maximum absolute atomic E-state index is 11.0. The summed E-state index contributed by atoms with van der Waals surface area (Å²) in [4.78, 5) is 39.6. The minimum atomic E-state index is -0.910. The Morgan fingerprint density at radius 2 is 1.34 bits per heavy atom. The van der Waals surface area contributed by atoms with Crippen molar-refractivity contribution in [2.24, 2.45) is 9.98 Å². The van der Waals surface area contributed by atoms with Gasteiger partial charge in [-0.2, -0.15) is 0 Å². The van der Waals surface area contributed by atoms with Crippen LogP contribution in [0.25, 0.3) is 42.0 Å². The number of phenolic OH excluding ortho intramolecular Hbond substituents is 2. The number of thiazole rings is 2. The summed E-state index contributed by atoms with van der Waals surface area (Å²) < 4.78 is 1.86. The number of aromatic hydroxyl groups is 2. The van der Waals surface area contributed by atoms with Gasteiger partial charge in [-0.1, -0.05) is 30.3 Å². The first-order valence-electron chi connectivity index (χ1n) is 13.2. The zero-order chi connectivity index (χ0) is 30.5. The molecule has 0 aliphatic carbocycles. The number of hydrogen-bond donors (Lipinski definition) is 4. The fourth-order valence-electron chi connectivity index (χ4n) is 4.81. The van der Waals surface area contributed by atoms with Gasteiger partial charge in [-0.05, 0) is 35.0 Å². The third-order valence-corrected chi connectivity index (χ3v) is 11.3. The van der Waals surface area contributed by atoms with Gasteiger partial charge >= 0.3 is 11.9 Å². The summed E-state index contributed by atoms with van der Waals surface area (Å²) in [5.41, 5.74) is 1.68. The number of phenols is 2. The summed E-state index contributed by atoms with van der Waals surface area (Å²) in [6, 6.07) is 17.1. The standard InChI is InChI=1S/2C15H10N2O3S2/c18-9-2-1-7-4-10-12(5-8(7)3-9)22-14(16-10)13-17-11(6-21-13)15(19)20;18-10-5-11-12(8-4-2-1-3-7(8)10)17-14(22-11)13-16-9(6-21-13)15(19)20/h1-5,11,18H,6H2,(H,19,20);1-5,9,18H,6H2,(H,19,20)/t11-;9-/m11/s1. The lowest BCUT2D eigenvalue weighted by molar-refractivity contribution is -0.138. The van der Waals surface area contributed by atoms with Gasteiger partial charge in [0.1, 0.15) is 31.6 Å². The summed E-state index contributed by atoms with van der Waals surface area (Å²) in [5.74, 6) is -0.459. The van der Waals surface area contributed by atoms with Gasteiger partial charge in [0.05, 0.1) is 20.4 Å². The molecule has 2 aromatic heterocycles. The van der Waals surface area contributed by atoms with Gasteiger partial charge in [-0.25, -0.2) is 19.6 Å². The number of aliphatic imine (C=N–C) groups is 2. The molecule has 2 aliphatic rings. The molecule has 0 fully saturated rings. The van der Waals surface area contributed by atoms with Gasteiger partial charge < -0.3 is 20.4 Å². The van der Waals surface area contributed by atoms with Gasteiger partial charge in [0, 0.05) is 28.3 Å². The SMILES string of the molecule is O=C(O)[C@H]1CSC(c2nc3c(cc(O)c4ccccc43)s2)=N1.O=C(O)[C@H]1CSC(c2nc3cc4ccc(O)cc4cc3s2)=N1. The molecule has 6 aromatic rings. The quantitative estimate of drug-likeness (QED) is 0.171. The van der Waals surface area contributed by atoms with Crippen molar-refractivity contribution >= 4 is 110 Å². The number of benzene rings is 4. The van der Waals surface area contributed by atoms with Crippen LogP contribution in [-0.4, -0.2) is 76.0 Å². The molecule has 44 heavy (non-hydrogen) atoms. The summed E-state index contributed by atoms with van der Waals surface area (Å²) in [6.07, 6.45) is 0. The molecule has 220 valence electrons. The van der Waals surface area contributed by atoms with Crippen molar-refractivity contribution in [1.29, 1.82) is 0 Å². The summed E-state index contributed by atoms with van der Waals surface area (Å²) in [7, 11) is 0. The Morgan fingerprint density at radius 3 is 2.00 bits per heavy atom. The molecule has 0 unspecified atom stereocenters. The number of fused-ring (bicyclic) bond motifs is 5. The van der Waals surface area contributed by atoms with Crippen LogP contribution >= 0.6 is 46.2 Å². The molecule has 0 bridgehead atoms. The molecule has 4 heterocycles. The molecule has 14 heteroatoms. The first-order valence-corrected chi connectivity index (χ1v) is 16.8. The predicted molar refractivity (Wildman–Crippen MR) is 178 cm³/mol. The predicted octanol–water partition coefficient (Wildman–Crippen LogP) is 6.20. The second kappa shape index (κ2) is 11.4. The number of thioether (sulfide) groups is 2. The van der Waals surface area contributed by atoms with Crippen LogP contribution in [0.3, 0.4) is 0 Å². The highest BCUT2D eigenvalue weighted by atomic mass is 32.2. The second-order valence-corrected chi connectivity index (χ2v) is 14.0. The maximum atomic E-state index is 11.0. The van der Waals surface area contributed by atoms with Crippen molar-refractivity contribution in [3.05, 3.63) is 70.7 Å². The zero-order valence-electron chi connectivity index (χ0n) is 22.4. The number of rotatable bonds is 4. The molecule has 0 spiro atoms. The number of hydrogen-bond acceptors (Lipinski definition) is 12. The molecule has 0 saturated heterocycles. The average molecular weight is 661 g/mol. The molecule has 8 rings (SSSR count). The van der Waals surface area contributed by atoms with E-state index in [0.717, 1.165) is 47.0 Å². The van der Waals surface area contributed by atoms with Gasteiger partial charge in [0.25, 0.3) is 0 Å². The number of nitrogens with zero attached hydrogens (tertiary/aromatic N) is 4. The Kier molecular flexibility index (Phi) is 7.36. The van der Waals surface area contributed by atoms with Gasteiger partial charge in [0.15, 0.2) is 12.1 Å². The Balaban J connectivity index is 0.000000142. The van der Waals surface area contributed by atoms with E-state index in [1.807, 2.05) is 42.5 Å². The van der Waals surface area contributed by atoms with Crippen molar-refractivity contribution in [2.75, 3.05) is 11.5 Å². The summed E-state index contributed by atoms with van der Waals surface area (Å²) >= 11 is 5.76. The number of carboxylic acids is 2. The van der Waals surface area contributed by atoms with Crippen LogP contribution in [0.15, 0.2) is 70.6 Å². The Labute approximate surface area is 264 Å². The summed E-state index contributed by atoms with van der Waals surface area (Å²) in [6.45, 7) is 0. The third-order valence-electron chi connectivity index (χ3n) is 6.95. The molecule has 0 radical (unpaired) electrons. The smallest absolute Gasteiger partial charge is 0.329 e. The third kappa shape index (κ3) is 5.34. The van der Waals surface area contributed by atoms with Crippen molar-refractivity contribution < 1.29 is 30.0 Å². The monoisotopic (exact) mass is 660 g/mol. The summed E-state index contributed by atoms with van der Waals surface area (Å²) in [5, 5.41) is 44.2. The van der Waals surface area contributed by atoms with Crippen LogP contribution < -0.4 is 0 Å². The van der Waals surface area contributed by atoms with Crippen LogP contribution in [0.2, 0.25) is 0 Å². The highest BCUT2D eigenvalue weighted by Crippen LogP contribution is 2.37. The van der Waals surface area contributed by atoms with E-state index in [1.165, 1.54) is 46.2 Å². The van der Waals surface area contributed by atoms with Crippen LogP contribution in [0.5, 0.6) is 11.5 Å². The number of carbonyl (C=O) groups is 2. The molecule has 2 atom stereocenters. The van der Waals surface area contributed by atoms with Crippen LogP contribution in [-0.2, 0) is 9.59 Å². The second-order valence-electron chi connectivity index (χ2n) is 9.88. The van der Waals surface area contributed by atoms with Gasteiger partial charge in [-0.15, -0.1) is 46.2 Å². The Hall–Kier alpha value is -4.24. The van der Waals surface area contributed by atoms with E-state index in [9.17, 15) is 19.8 Å². The van der Waals surface area contributed by atoms with Crippen LogP contribution in [0.4, 0.5) is 0 Å². The minimum Gasteiger partial charge on any atom is -0.508 e. The van der Waals surface area contributed by atoms with Crippen molar-refractivity contribution in [2.45, 2.75) is 12.1 Å². The molecule has 4 N–H and O–H groups in total. The highest BCUT2D eigenvalue weighted by Gasteiger charge is 2.28. The largest absolute Gasteiger partial charge is 0.508 e. The van der Waals surface area contributed by atoms with E-state index in [0.29, 0.717) is 26.6 Å². The van der Waals surface area contributed by atoms with E-state index in [2.05, 4.69) is 20.0 Å². The van der Waals surface area contributed by atoms with Crippen molar-refractivity contribution in [3.63, 3.8) is 0 Å². The van der Waals surface area contributed by atoms with Gasteiger partial charge in [0.2, 0.25) is 0 Å². The fraction of sp³-hybridized carbons (Fsp3) is 0.133. The Morgan fingerprint density at radius 1 is 0.705 bits per heavy atom. The molecular formula is C30H20N4O6S4. The normalized spacial score (nSPS) is 18.0. The topological polar surface area (TPSA) is 166 Å². The van der Waals surface area contributed by atoms with Gasteiger partial charge in [-0.3, -0.25) is 9.98 Å². The first kappa shape index (κ1) is 28.5. The molecular weight excluding hydrogens is 641 g/mol. The van der Waals surface area contributed by atoms with E-state index in [-0.39, 0.29) is 11.5 Å². The lowest BCUT2D eigenvalue weighted by Crippen LogP contribution is -2.17. The average Bonchev–Trinajstić information content (AvgIpc) is 3.81. The van der Waals surface area contributed by atoms with Crippen molar-refractivity contribution in [3.8, 4) is 11.5 Å². The lowest BCUT2D eigenvalue weighted by Gasteiger charge is -2.00.